The Morgan fingerprint density at radius 3 is 2.14 bits per heavy atom. The summed E-state index contributed by atoms with van der Waals surface area (Å²) in [5.41, 5.74) is 0.376. The summed E-state index contributed by atoms with van der Waals surface area (Å²) in [4.78, 5) is 14.3. The number of para-hydroxylation sites is 1. The number of phenols is 3. The van der Waals surface area contributed by atoms with Gasteiger partial charge in [-0.3, -0.25) is 4.79 Å². The minimum atomic E-state index is -0.496. The average molecular weight is 301 g/mol. The van der Waals surface area contributed by atoms with Crippen LogP contribution in [0.2, 0.25) is 0 Å². The lowest BCUT2D eigenvalue weighted by molar-refractivity contribution is 0.103. The molecule has 0 fully saturated rings. The summed E-state index contributed by atoms with van der Waals surface area (Å²) in [5.74, 6) is -1.01. The van der Waals surface area contributed by atoms with Crippen molar-refractivity contribution in [2.75, 3.05) is 18.0 Å². The Bertz CT molecular complexity index is 693. The molecule has 0 aliphatic heterocycles. The van der Waals surface area contributed by atoms with Gasteiger partial charge in [-0.15, -0.1) is 0 Å². The molecule has 3 N–H and O–H groups in total. The number of phenolic OH excluding ortho intramolecular Hbond substituents is 3. The van der Waals surface area contributed by atoms with E-state index in [9.17, 15) is 20.1 Å². The van der Waals surface area contributed by atoms with Gasteiger partial charge in [0.25, 0.3) is 0 Å². The molecule has 5 heteroatoms. The van der Waals surface area contributed by atoms with Crippen molar-refractivity contribution in [1.29, 1.82) is 0 Å². The van der Waals surface area contributed by atoms with E-state index in [1.165, 1.54) is 24.3 Å². The van der Waals surface area contributed by atoms with Crippen molar-refractivity contribution >= 4 is 11.5 Å². The van der Waals surface area contributed by atoms with Gasteiger partial charge in [-0.05, 0) is 38.1 Å². The molecule has 2 aromatic rings. The van der Waals surface area contributed by atoms with Crippen LogP contribution in [0, 0.1) is 0 Å². The van der Waals surface area contributed by atoms with E-state index < -0.39 is 5.78 Å². The second kappa shape index (κ2) is 6.39. The number of rotatable bonds is 5. The maximum Gasteiger partial charge on any atom is 0.200 e. The van der Waals surface area contributed by atoms with E-state index in [2.05, 4.69) is 0 Å². The van der Waals surface area contributed by atoms with Crippen LogP contribution in [0.15, 0.2) is 36.4 Å². The molecule has 0 aromatic heterocycles. The molecule has 0 saturated heterocycles. The van der Waals surface area contributed by atoms with Crippen LogP contribution < -0.4 is 4.90 Å². The van der Waals surface area contributed by atoms with Gasteiger partial charge in [-0.2, -0.15) is 0 Å². The van der Waals surface area contributed by atoms with E-state index in [1.54, 1.807) is 17.0 Å². The van der Waals surface area contributed by atoms with Crippen molar-refractivity contribution in [2.45, 2.75) is 13.8 Å². The van der Waals surface area contributed by atoms with Gasteiger partial charge >= 0.3 is 0 Å². The molecule has 2 aromatic carbocycles. The summed E-state index contributed by atoms with van der Waals surface area (Å²) >= 11 is 0. The molecule has 0 aliphatic rings. The lowest BCUT2D eigenvalue weighted by Crippen LogP contribution is -2.22. The Kier molecular flexibility index (Phi) is 4.56. The highest BCUT2D eigenvalue weighted by molar-refractivity contribution is 6.13. The van der Waals surface area contributed by atoms with E-state index >= 15 is 0 Å². The summed E-state index contributed by atoms with van der Waals surface area (Å²) in [6, 6.07) is 8.88. The number of aromatic hydroxyl groups is 3. The number of carbonyl (C=O) groups excluding carboxylic acids is 1. The van der Waals surface area contributed by atoms with Crippen molar-refractivity contribution in [3.05, 3.63) is 47.5 Å². The molecule has 0 atom stereocenters. The summed E-state index contributed by atoms with van der Waals surface area (Å²) < 4.78 is 0. The molecule has 116 valence electrons. The standard InChI is InChI=1S/C17H19NO4/c1-3-18(4-2)15-14(20)10-9-12(17(15)22)16(21)11-7-5-6-8-13(11)19/h5-10,19-20,22H,3-4H2,1-2H3. The molecule has 0 unspecified atom stereocenters. The van der Waals surface area contributed by atoms with Gasteiger partial charge in [0.1, 0.15) is 17.2 Å². The van der Waals surface area contributed by atoms with E-state index in [-0.39, 0.29) is 34.1 Å². The van der Waals surface area contributed by atoms with Gasteiger partial charge in [0.2, 0.25) is 5.78 Å². The van der Waals surface area contributed by atoms with Gasteiger partial charge < -0.3 is 20.2 Å². The van der Waals surface area contributed by atoms with Crippen LogP contribution in [0.25, 0.3) is 0 Å². The third-order valence-corrected chi connectivity index (χ3v) is 3.60. The fraction of sp³-hybridized carbons (Fsp3) is 0.235. The van der Waals surface area contributed by atoms with Gasteiger partial charge in [-0.25, -0.2) is 0 Å². The molecule has 0 aliphatic carbocycles. The van der Waals surface area contributed by atoms with E-state index in [0.717, 1.165) is 0 Å². The van der Waals surface area contributed by atoms with Gasteiger partial charge in [0, 0.05) is 13.1 Å². The first kappa shape index (κ1) is 15.7. The molecule has 0 radical (unpaired) electrons. The summed E-state index contributed by atoms with van der Waals surface area (Å²) in [6.45, 7) is 4.93. The Morgan fingerprint density at radius 2 is 1.55 bits per heavy atom. The van der Waals surface area contributed by atoms with E-state index in [0.29, 0.717) is 13.1 Å². The van der Waals surface area contributed by atoms with Crippen LogP contribution in [0.1, 0.15) is 29.8 Å². The van der Waals surface area contributed by atoms with E-state index in [1.807, 2.05) is 13.8 Å². The van der Waals surface area contributed by atoms with Crippen LogP contribution >= 0.6 is 0 Å². The third-order valence-electron chi connectivity index (χ3n) is 3.60. The topological polar surface area (TPSA) is 81.0 Å². The SMILES string of the molecule is CCN(CC)c1c(O)ccc(C(=O)c2ccccc2O)c1O. The average Bonchev–Trinajstić information content (AvgIpc) is 2.51. The quantitative estimate of drug-likeness (QED) is 0.740. The fourth-order valence-corrected chi connectivity index (χ4v) is 2.41. The fourth-order valence-electron chi connectivity index (χ4n) is 2.41. The monoisotopic (exact) mass is 301 g/mol. The Hall–Kier alpha value is -2.69. The highest BCUT2D eigenvalue weighted by atomic mass is 16.3. The lowest BCUT2D eigenvalue weighted by atomic mass is 10.00. The summed E-state index contributed by atoms with van der Waals surface area (Å²) in [6.07, 6.45) is 0. The largest absolute Gasteiger partial charge is 0.507 e. The van der Waals surface area contributed by atoms with Crippen LogP contribution in [-0.2, 0) is 0 Å². The van der Waals surface area contributed by atoms with Gasteiger partial charge in [0.05, 0.1) is 11.1 Å². The third kappa shape index (κ3) is 2.70. The maximum absolute atomic E-state index is 12.5. The van der Waals surface area contributed by atoms with Crippen molar-refractivity contribution < 1.29 is 20.1 Å². The summed E-state index contributed by atoms with van der Waals surface area (Å²) in [7, 11) is 0. The van der Waals surface area contributed by atoms with Crippen LogP contribution in [-0.4, -0.2) is 34.2 Å². The smallest absolute Gasteiger partial charge is 0.200 e. The zero-order valence-corrected chi connectivity index (χ0v) is 12.6. The van der Waals surface area contributed by atoms with Gasteiger partial charge in [0.15, 0.2) is 5.75 Å². The Morgan fingerprint density at radius 1 is 0.909 bits per heavy atom. The number of anilines is 1. The number of hydrogen-bond donors (Lipinski definition) is 3. The maximum atomic E-state index is 12.5. The highest BCUT2D eigenvalue weighted by Crippen LogP contribution is 2.40. The minimum Gasteiger partial charge on any atom is -0.507 e. The number of carbonyl (C=O) groups is 1. The molecule has 0 saturated carbocycles. The van der Waals surface area contributed by atoms with Crippen molar-refractivity contribution in [3.63, 3.8) is 0 Å². The number of benzene rings is 2. The van der Waals surface area contributed by atoms with Crippen LogP contribution in [0.4, 0.5) is 5.69 Å². The molecule has 5 nitrogen and oxygen atoms in total. The van der Waals surface area contributed by atoms with Gasteiger partial charge in [-0.1, -0.05) is 12.1 Å². The Balaban J connectivity index is 2.56. The number of ketones is 1. The molecule has 0 bridgehead atoms. The second-order valence-electron chi connectivity index (χ2n) is 4.85. The lowest BCUT2D eigenvalue weighted by Gasteiger charge is -2.24. The highest BCUT2D eigenvalue weighted by Gasteiger charge is 2.23. The molecule has 0 spiro atoms. The molecular weight excluding hydrogens is 282 g/mol. The molecule has 22 heavy (non-hydrogen) atoms. The minimum absolute atomic E-state index is 0.0428. The number of hydrogen-bond acceptors (Lipinski definition) is 5. The normalized spacial score (nSPS) is 10.5. The molecule has 0 heterocycles. The summed E-state index contributed by atoms with van der Waals surface area (Å²) in [5, 5.41) is 30.2. The van der Waals surface area contributed by atoms with Crippen molar-refractivity contribution in [1.82, 2.24) is 0 Å². The first-order valence-corrected chi connectivity index (χ1v) is 7.13. The predicted molar refractivity (Wildman–Crippen MR) is 84.9 cm³/mol. The molecule has 2 rings (SSSR count). The first-order valence-electron chi connectivity index (χ1n) is 7.13. The number of nitrogens with zero attached hydrogens (tertiary/aromatic N) is 1. The van der Waals surface area contributed by atoms with Crippen LogP contribution in [0.3, 0.4) is 0 Å². The molecular formula is C17H19NO4. The Labute approximate surface area is 129 Å². The first-order chi connectivity index (χ1) is 10.5. The zero-order chi connectivity index (χ0) is 16.3. The zero-order valence-electron chi connectivity index (χ0n) is 12.6. The molecule has 0 amide bonds. The van der Waals surface area contributed by atoms with E-state index in [4.69, 9.17) is 0 Å². The second-order valence-corrected chi connectivity index (χ2v) is 4.85. The van der Waals surface area contributed by atoms with Crippen molar-refractivity contribution in [3.8, 4) is 17.2 Å². The predicted octanol–water partition coefficient (Wildman–Crippen LogP) is 2.88. The van der Waals surface area contributed by atoms with Crippen molar-refractivity contribution in [2.24, 2.45) is 0 Å². The van der Waals surface area contributed by atoms with Crippen LogP contribution in [0.5, 0.6) is 17.2 Å².